The van der Waals surface area contributed by atoms with Gasteiger partial charge < -0.3 is 4.74 Å². The van der Waals surface area contributed by atoms with Gasteiger partial charge in [0, 0.05) is 10.9 Å². The van der Waals surface area contributed by atoms with Gasteiger partial charge in [-0.1, -0.05) is 49.1 Å². The number of benzene rings is 1. The van der Waals surface area contributed by atoms with Crippen LogP contribution in [0.15, 0.2) is 42.5 Å². The number of carbonyl (C=O) groups excluding carboxylic acids is 1. The smallest absolute Gasteiger partial charge is 0.333 e. The first-order valence-electron chi connectivity index (χ1n) is 5.06. The highest BCUT2D eigenvalue weighted by Gasteiger charge is 2.07. The lowest BCUT2D eigenvalue weighted by Crippen LogP contribution is -2.09. The lowest BCUT2D eigenvalue weighted by molar-refractivity contribution is -0.137. The van der Waals surface area contributed by atoms with Gasteiger partial charge in [0.25, 0.3) is 0 Å². The predicted octanol–water partition coefficient (Wildman–Crippen LogP) is 2.72. The molecule has 1 aromatic carbocycles. The van der Waals surface area contributed by atoms with E-state index in [1.807, 2.05) is 30.3 Å². The van der Waals surface area contributed by atoms with Crippen LogP contribution in [-0.4, -0.2) is 17.9 Å². The monoisotopic (exact) mass is 234 g/mol. The Kier molecular flexibility index (Phi) is 5.43. The van der Waals surface area contributed by atoms with Gasteiger partial charge in [0.1, 0.15) is 6.61 Å². The van der Waals surface area contributed by atoms with E-state index in [0.29, 0.717) is 12.0 Å². The average molecular weight is 234 g/mol. The summed E-state index contributed by atoms with van der Waals surface area (Å²) in [6, 6.07) is 9.96. The molecular formula is C13H14O2S. The van der Waals surface area contributed by atoms with E-state index in [2.05, 4.69) is 18.8 Å². The van der Waals surface area contributed by atoms with Gasteiger partial charge in [-0.05, 0) is 18.4 Å². The van der Waals surface area contributed by atoms with Crippen LogP contribution in [0.1, 0.15) is 12.0 Å². The molecule has 84 valence electrons. The highest BCUT2D eigenvalue weighted by Crippen LogP contribution is 2.08. The first-order valence-corrected chi connectivity index (χ1v) is 5.53. The van der Waals surface area contributed by atoms with Gasteiger partial charge in [-0.15, -0.1) is 0 Å². The van der Waals surface area contributed by atoms with Crippen LogP contribution in [0, 0.1) is 0 Å². The normalized spacial score (nSPS) is 9.50. The van der Waals surface area contributed by atoms with Gasteiger partial charge in [-0.25, -0.2) is 4.79 Å². The number of ether oxygens (including phenoxy) is 1. The standard InChI is InChI=1S/C13H14O2S/c1-11(13(14)15-9-10-16)7-8-12-5-3-2-4-6-12/h2-6,10H,1,7-9H2. The Morgan fingerprint density at radius 1 is 1.38 bits per heavy atom. The van der Waals surface area contributed by atoms with Crippen molar-refractivity contribution in [1.82, 2.24) is 0 Å². The maximum atomic E-state index is 11.3. The predicted molar refractivity (Wildman–Crippen MR) is 68.5 cm³/mol. The van der Waals surface area contributed by atoms with Crippen molar-refractivity contribution in [3.8, 4) is 0 Å². The number of hydrogen-bond donors (Lipinski definition) is 0. The zero-order chi connectivity index (χ0) is 11.8. The summed E-state index contributed by atoms with van der Waals surface area (Å²) in [5.41, 5.74) is 1.67. The van der Waals surface area contributed by atoms with Gasteiger partial charge >= 0.3 is 5.97 Å². The maximum Gasteiger partial charge on any atom is 0.333 e. The van der Waals surface area contributed by atoms with E-state index in [9.17, 15) is 4.79 Å². The third-order valence-electron chi connectivity index (χ3n) is 2.13. The van der Waals surface area contributed by atoms with E-state index in [-0.39, 0.29) is 12.6 Å². The van der Waals surface area contributed by atoms with E-state index in [1.54, 1.807) is 0 Å². The number of hydrogen-bond acceptors (Lipinski definition) is 3. The van der Waals surface area contributed by atoms with Crippen LogP contribution >= 0.6 is 12.2 Å². The number of carbonyl (C=O) groups is 1. The Bertz CT molecular complexity index is 371. The summed E-state index contributed by atoms with van der Waals surface area (Å²) in [6.45, 7) is 3.87. The zero-order valence-corrected chi connectivity index (χ0v) is 9.83. The molecule has 0 saturated carbocycles. The lowest BCUT2D eigenvalue weighted by Gasteiger charge is -2.04. The van der Waals surface area contributed by atoms with Crippen molar-refractivity contribution in [2.75, 3.05) is 6.61 Å². The first-order chi connectivity index (χ1) is 7.74. The van der Waals surface area contributed by atoms with Crippen LogP contribution in [0.4, 0.5) is 0 Å². The number of thiocarbonyl (C=S) groups is 1. The molecule has 0 aliphatic carbocycles. The third kappa shape index (κ3) is 4.36. The SMILES string of the molecule is C=C(CCc1ccccc1)C(=O)OCC=S. The van der Waals surface area contributed by atoms with Crippen LogP contribution < -0.4 is 0 Å². The molecule has 3 heteroatoms. The van der Waals surface area contributed by atoms with Crippen molar-refractivity contribution in [1.29, 1.82) is 0 Å². The topological polar surface area (TPSA) is 26.3 Å². The number of rotatable bonds is 6. The van der Waals surface area contributed by atoms with Gasteiger partial charge in [0.15, 0.2) is 0 Å². The fraction of sp³-hybridized carbons (Fsp3) is 0.231. The Balaban J connectivity index is 2.35. The first kappa shape index (κ1) is 12.6. The van der Waals surface area contributed by atoms with Gasteiger partial charge in [-0.2, -0.15) is 0 Å². The number of esters is 1. The fourth-order valence-corrected chi connectivity index (χ4v) is 1.32. The Hall–Kier alpha value is -1.48. The molecule has 0 atom stereocenters. The second-order valence-electron chi connectivity index (χ2n) is 3.35. The van der Waals surface area contributed by atoms with Crippen molar-refractivity contribution in [2.45, 2.75) is 12.8 Å². The molecule has 0 spiro atoms. The molecule has 0 fully saturated rings. The molecule has 0 aromatic heterocycles. The van der Waals surface area contributed by atoms with Crippen molar-refractivity contribution < 1.29 is 9.53 Å². The summed E-state index contributed by atoms with van der Waals surface area (Å²) in [5, 5.41) is 1.38. The highest BCUT2D eigenvalue weighted by atomic mass is 32.1. The van der Waals surface area contributed by atoms with Crippen molar-refractivity contribution >= 4 is 23.6 Å². The molecule has 0 radical (unpaired) electrons. The summed E-state index contributed by atoms with van der Waals surface area (Å²) in [5.74, 6) is -0.364. The molecular weight excluding hydrogens is 220 g/mol. The van der Waals surface area contributed by atoms with Crippen molar-refractivity contribution in [3.05, 3.63) is 48.0 Å². The Morgan fingerprint density at radius 3 is 2.69 bits per heavy atom. The highest BCUT2D eigenvalue weighted by molar-refractivity contribution is 7.79. The number of aryl methyl sites for hydroxylation is 1. The van der Waals surface area contributed by atoms with E-state index in [4.69, 9.17) is 4.74 Å². The van der Waals surface area contributed by atoms with Crippen LogP contribution in [0.3, 0.4) is 0 Å². The zero-order valence-electron chi connectivity index (χ0n) is 9.02. The lowest BCUT2D eigenvalue weighted by atomic mass is 10.1. The van der Waals surface area contributed by atoms with Crippen LogP contribution in [-0.2, 0) is 16.0 Å². The maximum absolute atomic E-state index is 11.3. The molecule has 16 heavy (non-hydrogen) atoms. The molecule has 0 unspecified atom stereocenters. The molecule has 1 rings (SSSR count). The third-order valence-corrected chi connectivity index (χ3v) is 2.27. The minimum atomic E-state index is -0.364. The van der Waals surface area contributed by atoms with Crippen LogP contribution in [0.25, 0.3) is 0 Å². The molecule has 1 aromatic rings. The molecule has 2 nitrogen and oxygen atoms in total. The van der Waals surface area contributed by atoms with Gasteiger partial charge in [0.2, 0.25) is 0 Å². The van der Waals surface area contributed by atoms with E-state index >= 15 is 0 Å². The minimum absolute atomic E-state index is 0.165. The van der Waals surface area contributed by atoms with E-state index in [1.165, 1.54) is 10.9 Å². The Labute approximate surface area is 101 Å². The minimum Gasteiger partial charge on any atom is -0.457 e. The molecule has 0 aliphatic heterocycles. The van der Waals surface area contributed by atoms with Crippen LogP contribution in [0.5, 0.6) is 0 Å². The van der Waals surface area contributed by atoms with Crippen molar-refractivity contribution in [2.24, 2.45) is 0 Å². The average Bonchev–Trinajstić information content (AvgIpc) is 2.34. The molecule has 0 bridgehead atoms. The van der Waals surface area contributed by atoms with Crippen LogP contribution in [0.2, 0.25) is 0 Å². The molecule has 0 saturated heterocycles. The van der Waals surface area contributed by atoms with E-state index in [0.717, 1.165) is 6.42 Å². The summed E-state index contributed by atoms with van der Waals surface area (Å²) in [4.78, 5) is 11.3. The largest absolute Gasteiger partial charge is 0.457 e. The summed E-state index contributed by atoms with van der Waals surface area (Å²) in [6.07, 6.45) is 1.41. The molecule has 0 heterocycles. The van der Waals surface area contributed by atoms with Gasteiger partial charge in [-0.3, -0.25) is 0 Å². The second kappa shape index (κ2) is 6.90. The molecule has 0 aliphatic rings. The van der Waals surface area contributed by atoms with E-state index < -0.39 is 0 Å². The second-order valence-corrected chi connectivity index (χ2v) is 3.69. The Morgan fingerprint density at radius 2 is 2.06 bits per heavy atom. The summed E-state index contributed by atoms with van der Waals surface area (Å²) < 4.78 is 4.84. The summed E-state index contributed by atoms with van der Waals surface area (Å²) in [7, 11) is 0. The quantitative estimate of drug-likeness (QED) is 0.430. The molecule has 0 amide bonds. The molecule has 0 N–H and O–H groups in total. The summed E-state index contributed by atoms with van der Waals surface area (Å²) >= 11 is 4.57. The van der Waals surface area contributed by atoms with Crippen molar-refractivity contribution in [3.63, 3.8) is 0 Å². The van der Waals surface area contributed by atoms with Gasteiger partial charge in [0.05, 0.1) is 0 Å². The fourth-order valence-electron chi connectivity index (χ4n) is 1.25.